The highest BCUT2D eigenvalue weighted by Gasteiger charge is 2.29. The molecule has 0 bridgehead atoms. The highest BCUT2D eigenvalue weighted by Crippen LogP contribution is 2.28. The van der Waals surface area contributed by atoms with Crippen LogP contribution in [-0.4, -0.2) is 20.9 Å². The number of hydrogen-bond acceptors (Lipinski definition) is 3. The molecule has 3 aromatic rings. The van der Waals surface area contributed by atoms with Gasteiger partial charge >= 0.3 is 0 Å². The summed E-state index contributed by atoms with van der Waals surface area (Å²) in [6.45, 7) is 1.94. The van der Waals surface area contributed by atoms with Crippen molar-refractivity contribution in [2.24, 2.45) is 0 Å². The van der Waals surface area contributed by atoms with Gasteiger partial charge in [0.2, 0.25) is 0 Å². The van der Waals surface area contributed by atoms with E-state index in [9.17, 15) is 13.2 Å². The molecule has 0 saturated heterocycles. The molecule has 0 aromatic heterocycles. The highest BCUT2D eigenvalue weighted by molar-refractivity contribution is 7.91. The topological polar surface area (TPSA) is 63.2 Å². The molecule has 0 saturated carbocycles. The Hall–Kier alpha value is -2.92. The third-order valence-electron chi connectivity index (χ3n) is 4.38. The van der Waals surface area contributed by atoms with Crippen LogP contribution in [0.15, 0.2) is 89.8 Å². The first kappa shape index (κ1) is 18.9. The monoisotopic (exact) mass is 379 g/mol. The summed E-state index contributed by atoms with van der Waals surface area (Å²) in [5.74, 6) is -0.292. The van der Waals surface area contributed by atoms with E-state index >= 15 is 0 Å². The number of sulfone groups is 1. The van der Waals surface area contributed by atoms with Gasteiger partial charge in [-0.25, -0.2) is 8.42 Å². The fourth-order valence-corrected chi connectivity index (χ4v) is 4.52. The Morgan fingerprint density at radius 3 is 2.00 bits per heavy atom. The largest absolute Gasteiger partial charge is 0.350 e. The van der Waals surface area contributed by atoms with Crippen LogP contribution in [0.4, 0.5) is 0 Å². The molecular formula is C22H21NO3S. The molecule has 5 heteroatoms. The van der Waals surface area contributed by atoms with Crippen LogP contribution < -0.4 is 5.32 Å². The Morgan fingerprint density at radius 1 is 0.852 bits per heavy atom. The first-order valence-corrected chi connectivity index (χ1v) is 10.2. The third kappa shape index (κ3) is 4.44. The summed E-state index contributed by atoms with van der Waals surface area (Å²) in [6.07, 6.45) is 0. The van der Waals surface area contributed by atoms with Crippen LogP contribution in [0.2, 0.25) is 0 Å². The van der Waals surface area contributed by atoms with Gasteiger partial charge in [-0.05, 0) is 36.8 Å². The van der Waals surface area contributed by atoms with Crippen molar-refractivity contribution in [1.82, 2.24) is 5.32 Å². The van der Waals surface area contributed by atoms with E-state index in [1.807, 2.05) is 25.1 Å². The van der Waals surface area contributed by atoms with Crippen molar-refractivity contribution >= 4 is 15.7 Å². The van der Waals surface area contributed by atoms with Crippen LogP contribution in [-0.2, 0) is 9.84 Å². The minimum absolute atomic E-state index is 0.00600. The van der Waals surface area contributed by atoms with Gasteiger partial charge in [0.15, 0.2) is 9.84 Å². The predicted octanol–water partition coefficient (Wildman–Crippen LogP) is 3.94. The molecule has 4 nitrogen and oxygen atoms in total. The third-order valence-corrected chi connectivity index (χ3v) is 6.50. The first-order valence-electron chi connectivity index (χ1n) is 8.67. The van der Waals surface area contributed by atoms with Gasteiger partial charge in [0.25, 0.3) is 5.91 Å². The fraction of sp³-hybridized carbons (Fsp3) is 0.136. The summed E-state index contributed by atoms with van der Waals surface area (Å²) in [4.78, 5) is 12.7. The predicted molar refractivity (Wildman–Crippen MR) is 106 cm³/mol. The van der Waals surface area contributed by atoms with Crippen molar-refractivity contribution < 1.29 is 13.2 Å². The molecule has 3 aromatic carbocycles. The molecule has 0 aliphatic carbocycles. The Bertz CT molecular complexity index is 998. The maximum absolute atomic E-state index is 13.2. The standard InChI is InChI=1S/C22H21NO3S/c1-17-12-14-19(15-13-17)22(24)23-16-21(18-8-4-2-5-9-18)27(25,26)20-10-6-3-7-11-20/h2-15,21H,16H2,1H3,(H,23,24)/t21-/m1/s1. The SMILES string of the molecule is Cc1ccc(C(=O)NC[C@H](c2ccccc2)S(=O)(=O)c2ccccc2)cc1. The van der Waals surface area contributed by atoms with Gasteiger partial charge in [-0.15, -0.1) is 0 Å². The molecule has 0 radical (unpaired) electrons. The van der Waals surface area contributed by atoms with Gasteiger partial charge in [-0.3, -0.25) is 4.79 Å². The van der Waals surface area contributed by atoms with E-state index in [1.165, 1.54) is 0 Å². The Labute approximate surface area is 159 Å². The van der Waals surface area contributed by atoms with E-state index in [0.717, 1.165) is 5.56 Å². The van der Waals surface area contributed by atoms with Crippen LogP contribution in [0, 0.1) is 6.92 Å². The number of carbonyl (C=O) groups excluding carboxylic acids is 1. The lowest BCUT2D eigenvalue weighted by Gasteiger charge is -2.19. The minimum atomic E-state index is -3.65. The van der Waals surface area contributed by atoms with E-state index in [-0.39, 0.29) is 17.3 Å². The summed E-state index contributed by atoms with van der Waals surface area (Å²) in [5, 5.41) is 1.91. The van der Waals surface area contributed by atoms with Gasteiger partial charge in [-0.1, -0.05) is 66.2 Å². The molecule has 1 amide bonds. The summed E-state index contributed by atoms with van der Waals surface area (Å²) in [5.41, 5.74) is 2.20. The molecule has 0 heterocycles. The van der Waals surface area contributed by atoms with Crippen LogP contribution in [0.25, 0.3) is 0 Å². The summed E-state index contributed by atoms with van der Waals surface area (Å²) < 4.78 is 26.4. The summed E-state index contributed by atoms with van der Waals surface area (Å²) >= 11 is 0. The maximum atomic E-state index is 13.2. The second-order valence-electron chi connectivity index (χ2n) is 6.33. The zero-order chi connectivity index (χ0) is 19.3. The number of rotatable bonds is 6. The number of nitrogens with one attached hydrogen (secondary N) is 1. The van der Waals surface area contributed by atoms with Crippen LogP contribution in [0.1, 0.15) is 26.7 Å². The van der Waals surface area contributed by atoms with Gasteiger partial charge in [0.1, 0.15) is 5.25 Å². The van der Waals surface area contributed by atoms with E-state index in [1.54, 1.807) is 66.7 Å². The highest BCUT2D eigenvalue weighted by atomic mass is 32.2. The Kier molecular flexibility index (Phi) is 5.72. The van der Waals surface area contributed by atoms with Crippen LogP contribution >= 0.6 is 0 Å². The number of amides is 1. The van der Waals surface area contributed by atoms with E-state index in [4.69, 9.17) is 0 Å². The average molecular weight is 379 g/mol. The smallest absolute Gasteiger partial charge is 0.251 e. The number of benzene rings is 3. The van der Waals surface area contributed by atoms with Crippen LogP contribution in [0.3, 0.4) is 0 Å². The van der Waals surface area contributed by atoms with Crippen molar-refractivity contribution in [2.75, 3.05) is 6.54 Å². The van der Waals surface area contributed by atoms with Gasteiger partial charge < -0.3 is 5.32 Å². The zero-order valence-electron chi connectivity index (χ0n) is 15.0. The zero-order valence-corrected chi connectivity index (χ0v) is 15.8. The van der Waals surface area contributed by atoms with Crippen molar-refractivity contribution in [3.63, 3.8) is 0 Å². The molecule has 138 valence electrons. The van der Waals surface area contributed by atoms with Gasteiger partial charge in [0.05, 0.1) is 4.90 Å². The quantitative estimate of drug-likeness (QED) is 0.706. The first-order chi connectivity index (χ1) is 13.0. The van der Waals surface area contributed by atoms with E-state index < -0.39 is 15.1 Å². The lowest BCUT2D eigenvalue weighted by Crippen LogP contribution is -2.32. The maximum Gasteiger partial charge on any atom is 0.251 e. The number of hydrogen-bond donors (Lipinski definition) is 1. The molecule has 0 spiro atoms. The number of aryl methyl sites for hydroxylation is 1. The number of carbonyl (C=O) groups is 1. The molecule has 0 aliphatic rings. The molecule has 0 fully saturated rings. The Morgan fingerprint density at radius 2 is 1.41 bits per heavy atom. The van der Waals surface area contributed by atoms with Crippen LogP contribution in [0.5, 0.6) is 0 Å². The molecule has 0 unspecified atom stereocenters. The van der Waals surface area contributed by atoms with E-state index in [2.05, 4.69) is 5.32 Å². The Balaban J connectivity index is 1.87. The fourth-order valence-electron chi connectivity index (χ4n) is 2.84. The van der Waals surface area contributed by atoms with Crippen molar-refractivity contribution in [2.45, 2.75) is 17.1 Å². The van der Waals surface area contributed by atoms with Gasteiger partial charge in [0, 0.05) is 12.1 Å². The average Bonchev–Trinajstić information content (AvgIpc) is 2.70. The lowest BCUT2D eigenvalue weighted by molar-refractivity contribution is 0.0953. The van der Waals surface area contributed by atoms with Crippen molar-refractivity contribution in [3.8, 4) is 0 Å². The molecular weight excluding hydrogens is 358 g/mol. The molecule has 1 N–H and O–H groups in total. The summed E-state index contributed by atoms with van der Waals surface area (Å²) in [7, 11) is -3.65. The second kappa shape index (κ2) is 8.18. The molecule has 27 heavy (non-hydrogen) atoms. The van der Waals surface area contributed by atoms with Gasteiger partial charge in [-0.2, -0.15) is 0 Å². The lowest BCUT2D eigenvalue weighted by atomic mass is 10.1. The normalized spacial score (nSPS) is 12.3. The van der Waals surface area contributed by atoms with Crippen molar-refractivity contribution in [1.29, 1.82) is 0 Å². The molecule has 0 aliphatic heterocycles. The molecule has 1 atom stereocenters. The van der Waals surface area contributed by atoms with E-state index in [0.29, 0.717) is 11.1 Å². The molecule has 3 rings (SSSR count). The second-order valence-corrected chi connectivity index (χ2v) is 8.46. The van der Waals surface area contributed by atoms with Crippen molar-refractivity contribution in [3.05, 3.63) is 102 Å². The summed E-state index contributed by atoms with van der Waals surface area (Å²) in [6, 6.07) is 24.4. The minimum Gasteiger partial charge on any atom is -0.350 e.